The molecule has 0 saturated carbocycles. The van der Waals surface area contributed by atoms with E-state index in [1.165, 1.54) is 12.3 Å². The van der Waals surface area contributed by atoms with E-state index in [-0.39, 0.29) is 18.0 Å². The molecular formula is C28H19ClN2O3. The normalized spacial score (nSPS) is 14.1. The highest BCUT2D eigenvalue weighted by molar-refractivity contribution is 6.39. The first-order valence-corrected chi connectivity index (χ1v) is 11.1. The van der Waals surface area contributed by atoms with Crippen molar-refractivity contribution in [2.75, 3.05) is 4.90 Å². The Morgan fingerprint density at radius 2 is 1.47 bits per heavy atom. The minimum atomic E-state index is -1.04. The van der Waals surface area contributed by atoms with Crippen LogP contribution in [0.1, 0.15) is 32.7 Å². The molecule has 3 aromatic carbocycles. The molecule has 1 aliphatic heterocycles. The summed E-state index contributed by atoms with van der Waals surface area (Å²) in [5.74, 6) is -1.18. The van der Waals surface area contributed by atoms with Gasteiger partial charge in [-0.3, -0.25) is 9.78 Å². The summed E-state index contributed by atoms with van der Waals surface area (Å²) in [7, 11) is 0. The van der Waals surface area contributed by atoms with Crippen LogP contribution in [0.4, 0.5) is 5.69 Å². The minimum Gasteiger partial charge on any atom is -0.478 e. The van der Waals surface area contributed by atoms with Crippen molar-refractivity contribution in [2.45, 2.75) is 6.54 Å². The molecule has 0 aliphatic carbocycles. The summed E-state index contributed by atoms with van der Waals surface area (Å²) in [6.45, 7) is 0.224. The van der Waals surface area contributed by atoms with Gasteiger partial charge in [-0.15, -0.1) is 0 Å². The predicted octanol–water partition coefficient (Wildman–Crippen LogP) is 5.94. The van der Waals surface area contributed by atoms with Gasteiger partial charge in [-0.2, -0.15) is 0 Å². The zero-order valence-corrected chi connectivity index (χ0v) is 18.7. The molecular weight excluding hydrogens is 448 g/mol. The maximum Gasteiger partial charge on any atom is 0.337 e. The number of rotatable bonds is 5. The number of para-hydroxylation sites is 1. The second-order valence-electron chi connectivity index (χ2n) is 7.87. The number of nitrogens with zero attached hydrogens (tertiary/aromatic N) is 2. The van der Waals surface area contributed by atoms with E-state index < -0.39 is 5.97 Å². The number of fused-ring (bicyclic) bond motifs is 1. The van der Waals surface area contributed by atoms with Crippen molar-refractivity contribution >= 4 is 40.3 Å². The number of carboxylic acids is 1. The number of benzene rings is 3. The number of carbonyl (C=O) groups excluding carboxylic acids is 1. The summed E-state index contributed by atoms with van der Waals surface area (Å²) in [4.78, 5) is 31.0. The lowest BCUT2D eigenvalue weighted by Gasteiger charge is -2.17. The fraction of sp³-hybridized carbons (Fsp3) is 0.0357. The number of hydrogen-bond donors (Lipinski definition) is 1. The van der Waals surface area contributed by atoms with Crippen LogP contribution in [0.5, 0.6) is 0 Å². The molecule has 34 heavy (non-hydrogen) atoms. The lowest BCUT2D eigenvalue weighted by molar-refractivity contribution is -0.113. The molecule has 1 aromatic heterocycles. The summed E-state index contributed by atoms with van der Waals surface area (Å²) in [5, 5.41) is 9.76. The molecule has 0 unspecified atom stereocenters. The molecule has 1 N–H and O–H groups in total. The van der Waals surface area contributed by atoms with E-state index >= 15 is 0 Å². The molecule has 5 rings (SSSR count). The molecule has 0 saturated heterocycles. The van der Waals surface area contributed by atoms with Gasteiger partial charge in [-0.1, -0.05) is 72.3 Å². The summed E-state index contributed by atoms with van der Waals surface area (Å²) in [5.41, 5.74) is 5.57. The van der Waals surface area contributed by atoms with E-state index in [0.29, 0.717) is 16.3 Å². The van der Waals surface area contributed by atoms with Gasteiger partial charge in [0.1, 0.15) is 0 Å². The molecule has 2 heterocycles. The molecule has 0 spiro atoms. The SMILES string of the molecule is O=C(O)c1ccc(CN2C(=O)/C(=C(\c3ccccc3)c3ccc(Cl)cc3)c3ccccc32)nc1. The quantitative estimate of drug-likeness (QED) is 0.369. The largest absolute Gasteiger partial charge is 0.478 e. The van der Waals surface area contributed by atoms with Crippen LogP contribution >= 0.6 is 11.6 Å². The standard InChI is InChI=1S/C28H19ClN2O3/c29-21-13-10-19(11-14-21)25(18-6-2-1-3-7-18)26-23-8-4-5-9-24(23)31(27(26)32)17-22-15-12-20(16-30-22)28(33)34/h1-16H,17H2,(H,33,34)/b26-25+. The monoisotopic (exact) mass is 466 g/mol. The first-order valence-electron chi connectivity index (χ1n) is 10.7. The average Bonchev–Trinajstić information content (AvgIpc) is 3.13. The first kappa shape index (κ1) is 21.6. The van der Waals surface area contributed by atoms with E-state index in [0.717, 1.165) is 28.0 Å². The van der Waals surface area contributed by atoms with Crippen LogP contribution in [0, 0.1) is 0 Å². The number of carbonyl (C=O) groups is 2. The summed E-state index contributed by atoms with van der Waals surface area (Å²) in [6.07, 6.45) is 1.31. The molecule has 6 heteroatoms. The van der Waals surface area contributed by atoms with Crippen molar-refractivity contribution in [3.8, 4) is 0 Å². The van der Waals surface area contributed by atoms with Crippen LogP contribution in [0.15, 0.2) is 97.2 Å². The van der Waals surface area contributed by atoms with E-state index in [1.807, 2.05) is 78.9 Å². The topological polar surface area (TPSA) is 70.5 Å². The number of aromatic carboxylic acids is 1. The van der Waals surface area contributed by atoms with E-state index in [9.17, 15) is 9.59 Å². The highest BCUT2D eigenvalue weighted by Gasteiger charge is 2.35. The second-order valence-corrected chi connectivity index (χ2v) is 8.31. The van der Waals surface area contributed by atoms with Crippen LogP contribution in [0.2, 0.25) is 5.02 Å². The summed E-state index contributed by atoms with van der Waals surface area (Å²) >= 11 is 6.14. The van der Waals surface area contributed by atoms with Crippen molar-refractivity contribution in [3.05, 3.63) is 130 Å². The third kappa shape index (κ3) is 3.98. The Morgan fingerprint density at radius 3 is 2.15 bits per heavy atom. The number of carboxylic acid groups (broad SMARTS) is 1. The Hall–Kier alpha value is -4.22. The number of aromatic nitrogens is 1. The number of halogens is 1. The molecule has 0 atom stereocenters. The second kappa shape index (κ2) is 8.96. The van der Waals surface area contributed by atoms with Crippen molar-refractivity contribution in [1.82, 2.24) is 4.98 Å². The molecule has 0 bridgehead atoms. The summed E-state index contributed by atoms with van der Waals surface area (Å²) < 4.78 is 0. The fourth-order valence-corrected chi connectivity index (χ4v) is 4.29. The van der Waals surface area contributed by atoms with Gasteiger partial charge in [-0.05, 0) is 41.5 Å². The number of anilines is 1. The molecule has 166 valence electrons. The minimum absolute atomic E-state index is 0.103. The zero-order chi connectivity index (χ0) is 23.7. The van der Waals surface area contributed by atoms with Crippen LogP contribution in [-0.4, -0.2) is 22.0 Å². The van der Waals surface area contributed by atoms with Gasteiger partial charge in [0.15, 0.2) is 0 Å². The molecule has 5 nitrogen and oxygen atoms in total. The molecule has 0 fully saturated rings. The third-order valence-corrected chi connectivity index (χ3v) is 6.01. The van der Waals surface area contributed by atoms with Gasteiger partial charge >= 0.3 is 5.97 Å². The Bertz CT molecular complexity index is 1410. The van der Waals surface area contributed by atoms with Gasteiger partial charge in [-0.25, -0.2) is 4.79 Å². The molecule has 0 radical (unpaired) electrons. The number of amides is 1. The van der Waals surface area contributed by atoms with E-state index in [1.54, 1.807) is 11.0 Å². The van der Waals surface area contributed by atoms with Crippen LogP contribution < -0.4 is 4.90 Å². The van der Waals surface area contributed by atoms with Gasteiger partial charge in [0.2, 0.25) is 0 Å². The Labute approximate surface area is 201 Å². The van der Waals surface area contributed by atoms with Gasteiger partial charge in [0, 0.05) is 22.4 Å². The van der Waals surface area contributed by atoms with E-state index in [2.05, 4.69) is 4.98 Å². The Morgan fingerprint density at radius 1 is 0.824 bits per heavy atom. The third-order valence-electron chi connectivity index (χ3n) is 5.76. The smallest absolute Gasteiger partial charge is 0.337 e. The molecule has 4 aromatic rings. The fourth-order valence-electron chi connectivity index (χ4n) is 4.16. The molecule has 1 aliphatic rings. The lowest BCUT2D eigenvalue weighted by atomic mass is 9.90. The van der Waals surface area contributed by atoms with Crippen LogP contribution in [0.3, 0.4) is 0 Å². The maximum atomic E-state index is 13.9. The van der Waals surface area contributed by atoms with Crippen LogP contribution in [-0.2, 0) is 11.3 Å². The zero-order valence-electron chi connectivity index (χ0n) is 18.0. The molecule has 1 amide bonds. The van der Waals surface area contributed by atoms with Crippen molar-refractivity contribution in [3.63, 3.8) is 0 Å². The van der Waals surface area contributed by atoms with Crippen molar-refractivity contribution in [2.24, 2.45) is 0 Å². The maximum absolute atomic E-state index is 13.9. The van der Waals surface area contributed by atoms with Gasteiger partial charge in [0.05, 0.1) is 29.1 Å². The first-order chi connectivity index (χ1) is 16.5. The van der Waals surface area contributed by atoms with Crippen molar-refractivity contribution in [1.29, 1.82) is 0 Å². The predicted molar refractivity (Wildman–Crippen MR) is 133 cm³/mol. The average molecular weight is 467 g/mol. The summed E-state index contributed by atoms with van der Waals surface area (Å²) in [6, 6.07) is 28.1. The van der Waals surface area contributed by atoms with E-state index in [4.69, 9.17) is 16.7 Å². The highest BCUT2D eigenvalue weighted by Crippen LogP contribution is 2.43. The van der Waals surface area contributed by atoms with Gasteiger partial charge < -0.3 is 10.0 Å². The van der Waals surface area contributed by atoms with Crippen molar-refractivity contribution < 1.29 is 14.7 Å². The number of pyridine rings is 1. The Balaban J connectivity index is 1.66. The highest BCUT2D eigenvalue weighted by atomic mass is 35.5. The van der Waals surface area contributed by atoms with Crippen LogP contribution in [0.25, 0.3) is 11.1 Å². The van der Waals surface area contributed by atoms with Gasteiger partial charge in [0.25, 0.3) is 5.91 Å². The lowest BCUT2D eigenvalue weighted by Crippen LogP contribution is -2.26. The Kier molecular flexibility index (Phi) is 5.70. The number of hydrogen-bond acceptors (Lipinski definition) is 3.